The summed E-state index contributed by atoms with van der Waals surface area (Å²) in [5.74, 6) is 0.681. The average molecular weight is 631 g/mol. The van der Waals surface area contributed by atoms with Gasteiger partial charge in [-0.2, -0.15) is 18.3 Å². The minimum atomic E-state index is -4.83. The maximum Gasteiger partial charge on any atom is 0.435 e. The quantitative estimate of drug-likeness (QED) is 0.115. The molecule has 2 aliphatic carbocycles. The first-order valence-corrected chi connectivity index (χ1v) is 13.7. The molecule has 2 aromatic carbocycles. The number of fused-ring (bicyclic) bond motifs is 3. The maximum absolute atomic E-state index is 14.3. The van der Waals surface area contributed by atoms with Gasteiger partial charge in [-0.15, -0.1) is 0 Å². The van der Waals surface area contributed by atoms with Gasteiger partial charge in [-0.1, -0.05) is 12.1 Å². The van der Waals surface area contributed by atoms with Crippen LogP contribution >= 0.6 is 0 Å². The summed E-state index contributed by atoms with van der Waals surface area (Å²) < 4.78 is 84.9. The van der Waals surface area contributed by atoms with E-state index in [-0.39, 0.29) is 40.1 Å². The highest BCUT2D eigenvalue weighted by Gasteiger charge is 2.58. The van der Waals surface area contributed by atoms with Crippen molar-refractivity contribution in [3.63, 3.8) is 0 Å². The fourth-order valence-corrected chi connectivity index (χ4v) is 6.07. The van der Waals surface area contributed by atoms with Crippen molar-refractivity contribution >= 4 is 11.8 Å². The van der Waals surface area contributed by atoms with Gasteiger partial charge < -0.3 is 10.8 Å². The zero-order chi connectivity index (χ0) is 32.4. The van der Waals surface area contributed by atoms with E-state index in [9.17, 15) is 41.0 Å². The number of nitrogens with zero attached hydrogens (tertiary/aromatic N) is 4. The van der Waals surface area contributed by atoms with Crippen molar-refractivity contribution in [2.45, 2.75) is 43.6 Å². The lowest BCUT2D eigenvalue weighted by Crippen LogP contribution is -2.44. The number of alkyl halides is 3. The van der Waals surface area contributed by atoms with E-state index in [2.05, 4.69) is 10.1 Å². The number of amides is 2. The number of pyridine rings is 1. The van der Waals surface area contributed by atoms with E-state index >= 15 is 0 Å². The zero-order valence-corrected chi connectivity index (χ0v) is 23.1. The Morgan fingerprint density at radius 1 is 1.09 bits per heavy atom. The number of halogens is 6. The Balaban J connectivity index is 1.41. The number of aliphatic hydroxyl groups is 1. The van der Waals surface area contributed by atoms with Crippen molar-refractivity contribution in [2.75, 3.05) is 0 Å². The molecule has 4 aromatic rings. The summed E-state index contributed by atoms with van der Waals surface area (Å²) in [6.45, 7) is -0.802. The molecule has 1 fully saturated rings. The summed E-state index contributed by atoms with van der Waals surface area (Å²) in [4.78, 5) is 29.8. The normalized spacial score (nSPS) is 19.2. The topological polar surface area (TPSA) is 140 Å². The maximum atomic E-state index is 14.3. The molecule has 2 aliphatic rings. The van der Waals surface area contributed by atoms with Crippen molar-refractivity contribution in [2.24, 2.45) is 17.5 Å². The third-order valence-electron chi connectivity index (χ3n) is 8.15. The van der Waals surface area contributed by atoms with E-state index in [4.69, 9.17) is 11.6 Å². The number of benzene rings is 2. The lowest BCUT2D eigenvalue weighted by Gasteiger charge is -2.29. The number of hydrogen-bond acceptors (Lipinski definition) is 6. The minimum Gasteiger partial charge on any atom is -0.386 e. The van der Waals surface area contributed by atoms with Gasteiger partial charge in [-0.25, -0.2) is 19.0 Å². The Bertz CT molecular complexity index is 1820. The summed E-state index contributed by atoms with van der Waals surface area (Å²) in [5, 5.41) is 14.9. The molecule has 234 valence electrons. The van der Waals surface area contributed by atoms with Crippen LogP contribution in [0.1, 0.15) is 63.1 Å². The van der Waals surface area contributed by atoms with Crippen LogP contribution in [0.3, 0.4) is 0 Å². The SMILES string of the molecule is NC(=O)c1cc(-c2cccnc2[C@H](Cc2cc(F)cc(F)c2)N(N)C(=O)Cn2nc(C(F)(F)F)c3c2C(O)C2CC32)ccc1F. The van der Waals surface area contributed by atoms with Crippen LogP contribution in [0.25, 0.3) is 11.1 Å². The highest BCUT2D eigenvalue weighted by molar-refractivity contribution is 5.94. The van der Waals surface area contributed by atoms with Gasteiger partial charge in [0.15, 0.2) is 5.69 Å². The number of hydrazine groups is 1. The van der Waals surface area contributed by atoms with Crippen LogP contribution in [0.4, 0.5) is 26.3 Å². The van der Waals surface area contributed by atoms with Crippen LogP contribution in [0.2, 0.25) is 0 Å². The number of nitrogens with two attached hydrogens (primary N) is 2. The Hall–Kier alpha value is -4.76. The van der Waals surface area contributed by atoms with E-state index in [0.29, 0.717) is 17.5 Å². The van der Waals surface area contributed by atoms with E-state index in [1.54, 1.807) is 0 Å². The van der Waals surface area contributed by atoms with Crippen molar-refractivity contribution in [1.29, 1.82) is 0 Å². The van der Waals surface area contributed by atoms with Crippen LogP contribution in [0, 0.1) is 23.4 Å². The van der Waals surface area contributed by atoms with Gasteiger partial charge in [0.1, 0.15) is 24.0 Å². The lowest BCUT2D eigenvalue weighted by molar-refractivity contribution is -0.143. The molecule has 5 N–H and O–H groups in total. The molecule has 2 aromatic heterocycles. The van der Waals surface area contributed by atoms with E-state index in [1.165, 1.54) is 24.4 Å². The Kier molecular flexibility index (Phi) is 7.40. The Morgan fingerprint density at radius 2 is 1.80 bits per heavy atom. The molecule has 0 aliphatic heterocycles. The van der Waals surface area contributed by atoms with Gasteiger partial charge in [0, 0.05) is 29.8 Å². The van der Waals surface area contributed by atoms with E-state index in [0.717, 1.165) is 28.9 Å². The fraction of sp³-hybridized carbons (Fsp3) is 0.267. The first kappa shape index (κ1) is 30.3. The molecule has 3 unspecified atom stereocenters. The number of hydrogen-bond donors (Lipinski definition) is 3. The molecule has 0 bridgehead atoms. The molecule has 0 radical (unpaired) electrons. The lowest BCUT2D eigenvalue weighted by atomic mass is 9.94. The molecule has 2 heterocycles. The van der Waals surface area contributed by atoms with Gasteiger partial charge in [0.25, 0.3) is 11.8 Å². The number of rotatable bonds is 8. The predicted molar refractivity (Wildman–Crippen MR) is 145 cm³/mol. The first-order valence-electron chi connectivity index (χ1n) is 13.7. The van der Waals surface area contributed by atoms with Crippen LogP contribution in [-0.2, 0) is 23.9 Å². The van der Waals surface area contributed by atoms with Crippen LogP contribution < -0.4 is 11.6 Å². The molecule has 0 saturated heterocycles. The Labute approximate surface area is 251 Å². The second-order valence-corrected chi connectivity index (χ2v) is 11.0. The molecule has 2 amide bonds. The summed E-state index contributed by atoms with van der Waals surface area (Å²) in [6, 6.07) is 7.90. The summed E-state index contributed by atoms with van der Waals surface area (Å²) in [6.07, 6.45) is -4.69. The molecule has 6 rings (SSSR count). The van der Waals surface area contributed by atoms with Gasteiger partial charge in [-0.3, -0.25) is 24.3 Å². The standard InChI is InChI=1S/C30H24F6N6O3/c31-15-6-13(7-16(32)10-15)8-22(25-17(2-1-5-39-25)14-3-4-21(33)20(9-14)29(37)45)42(38)23(43)12-41-26-24(18-11-19(18)27(26)44)28(40-41)30(34,35)36/h1-7,9-10,18-19,22,27,44H,8,11-12,38H2,(H2,37,45)/t18?,19?,22-,27?/m0/s1. The van der Waals surface area contributed by atoms with Crippen molar-refractivity contribution < 1.29 is 41.0 Å². The summed E-state index contributed by atoms with van der Waals surface area (Å²) >= 11 is 0. The molecular formula is C30H24F6N6O3. The van der Waals surface area contributed by atoms with Gasteiger partial charge in [0.2, 0.25) is 0 Å². The molecule has 9 nitrogen and oxygen atoms in total. The second kappa shape index (κ2) is 11.0. The smallest absolute Gasteiger partial charge is 0.386 e. The van der Waals surface area contributed by atoms with E-state index in [1.807, 2.05) is 0 Å². The number of aromatic nitrogens is 3. The van der Waals surface area contributed by atoms with Gasteiger partial charge in [0.05, 0.1) is 29.1 Å². The third-order valence-corrected chi connectivity index (χ3v) is 8.15. The molecule has 0 spiro atoms. The summed E-state index contributed by atoms with van der Waals surface area (Å²) in [5.41, 5.74) is 4.04. The number of aliphatic hydroxyl groups excluding tert-OH is 1. The van der Waals surface area contributed by atoms with Crippen LogP contribution in [0.5, 0.6) is 0 Å². The Morgan fingerprint density at radius 3 is 2.47 bits per heavy atom. The summed E-state index contributed by atoms with van der Waals surface area (Å²) in [7, 11) is 0. The van der Waals surface area contributed by atoms with Crippen molar-refractivity contribution in [1.82, 2.24) is 19.8 Å². The highest BCUT2D eigenvalue weighted by atomic mass is 19.4. The van der Waals surface area contributed by atoms with Crippen molar-refractivity contribution in [3.8, 4) is 11.1 Å². The highest BCUT2D eigenvalue weighted by Crippen LogP contribution is 2.63. The number of primary amides is 1. The zero-order valence-electron chi connectivity index (χ0n) is 23.1. The molecule has 1 saturated carbocycles. The minimum absolute atomic E-state index is 0.0583. The molecule has 15 heteroatoms. The van der Waals surface area contributed by atoms with Crippen LogP contribution in [-0.4, -0.2) is 36.7 Å². The van der Waals surface area contributed by atoms with Crippen LogP contribution in [0.15, 0.2) is 54.7 Å². The molecule has 45 heavy (non-hydrogen) atoms. The largest absolute Gasteiger partial charge is 0.435 e. The predicted octanol–water partition coefficient (Wildman–Crippen LogP) is 4.32. The van der Waals surface area contributed by atoms with E-state index < -0.39 is 77.2 Å². The number of carbonyl (C=O) groups is 2. The second-order valence-electron chi connectivity index (χ2n) is 11.0. The third kappa shape index (κ3) is 5.53. The van der Waals surface area contributed by atoms with Gasteiger partial charge >= 0.3 is 6.18 Å². The fourth-order valence-electron chi connectivity index (χ4n) is 6.07. The molecule has 4 atom stereocenters. The van der Waals surface area contributed by atoms with Crippen molar-refractivity contribution in [3.05, 3.63) is 106 Å². The number of carbonyl (C=O) groups excluding carboxylic acids is 2. The monoisotopic (exact) mass is 630 g/mol. The molecular weight excluding hydrogens is 606 g/mol. The average Bonchev–Trinajstić information content (AvgIpc) is 3.59. The first-order chi connectivity index (χ1) is 21.2. The van der Waals surface area contributed by atoms with Gasteiger partial charge in [-0.05, 0) is 59.7 Å².